The molecule has 58 valence electrons. The Morgan fingerprint density at radius 2 is 1.64 bits per heavy atom. The van der Waals surface area contributed by atoms with Crippen LogP contribution in [0, 0.1) is 0 Å². The summed E-state index contributed by atoms with van der Waals surface area (Å²) < 4.78 is 0. The van der Waals surface area contributed by atoms with Crippen LogP contribution in [0.5, 0.6) is 5.75 Å². The molecule has 0 aliphatic heterocycles. The van der Waals surface area contributed by atoms with Crippen LogP contribution in [0.3, 0.4) is 0 Å². The molecule has 0 heterocycles. The lowest BCUT2D eigenvalue weighted by Gasteiger charge is -1.88. The maximum absolute atomic E-state index is 10.0. The van der Waals surface area contributed by atoms with Crippen LogP contribution < -0.4 is 0 Å². The lowest BCUT2D eigenvalue weighted by Crippen LogP contribution is -1.74. The second kappa shape index (κ2) is 5.17. The number of carbonyl (C=O) groups excluding carboxylic acids is 2. The van der Waals surface area contributed by atoms with Crippen LogP contribution in [-0.4, -0.2) is 18.2 Å². The SMILES string of the molecule is C=O.O=Cc1ccc(O)cc1. The Morgan fingerprint density at radius 1 is 1.18 bits per heavy atom. The van der Waals surface area contributed by atoms with Gasteiger partial charge < -0.3 is 9.90 Å². The predicted octanol–water partition coefficient (Wildman–Crippen LogP) is 1.02. The van der Waals surface area contributed by atoms with Crippen molar-refractivity contribution in [2.75, 3.05) is 0 Å². The maximum atomic E-state index is 10.0. The molecule has 0 amide bonds. The third kappa shape index (κ3) is 3.15. The van der Waals surface area contributed by atoms with Crippen molar-refractivity contribution >= 4 is 13.1 Å². The van der Waals surface area contributed by atoms with Gasteiger partial charge in [0.1, 0.15) is 18.8 Å². The normalized spacial score (nSPS) is 7.64. The molecule has 1 N–H and O–H groups in total. The fraction of sp³-hybridized carbons (Fsp3) is 0. The van der Waals surface area contributed by atoms with E-state index < -0.39 is 0 Å². The fourth-order valence-electron chi connectivity index (χ4n) is 0.553. The Kier molecular flexibility index (Phi) is 4.40. The Labute approximate surface area is 64.3 Å². The van der Waals surface area contributed by atoms with Crippen molar-refractivity contribution in [1.82, 2.24) is 0 Å². The monoisotopic (exact) mass is 152 g/mol. The number of aldehydes is 1. The van der Waals surface area contributed by atoms with Crippen molar-refractivity contribution in [2.24, 2.45) is 0 Å². The van der Waals surface area contributed by atoms with Gasteiger partial charge in [-0.2, -0.15) is 0 Å². The Bertz CT molecular complexity index is 215. The van der Waals surface area contributed by atoms with Gasteiger partial charge in [0.15, 0.2) is 0 Å². The van der Waals surface area contributed by atoms with E-state index in [9.17, 15) is 4.79 Å². The number of benzene rings is 1. The van der Waals surface area contributed by atoms with Crippen LogP contribution in [0.25, 0.3) is 0 Å². The third-order valence-electron chi connectivity index (χ3n) is 1.03. The van der Waals surface area contributed by atoms with Gasteiger partial charge in [0.25, 0.3) is 0 Å². The van der Waals surface area contributed by atoms with Gasteiger partial charge in [0.2, 0.25) is 0 Å². The van der Waals surface area contributed by atoms with Gasteiger partial charge in [-0.3, -0.25) is 4.79 Å². The highest BCUT2D eigenvalue weighted by molar-refractivity contribution is 5.74. The van der Waals surface area contributed by atoms with Crippen LogP contribution in [-0.2, 0) is 4.79 Å². The topological polar surface area (TPSA) is 54.4 Å². The Morgan fingerprint density at radius 3 is 2.00 bits per heavy atom. The minimum atomic E-state index is 0.181. The van der Waals surface area contributed by atoms with E-state index in [0.29, 0.717) is 5.56 Å². The highest BCUT2D eigenvalue weighted by Crippen LogP contribution is 2.07. The zero-order valence-corrected chi connectivity index (χ0v) is 5.86. The summed E-state index contributed by atoms with van der Waals surface area (Å²) in [7, 11) is 0. The molecule has 0 bridgehead atoms. The molecule has 3 nitrogen and oxygen atoms in total. The summed E-state index contributed by atoms with van der Waals surface area (Å²) in [6, 6.07) is 6.07. The third-order valence-corrected chi connectivity index (χ3v) is 1.03. The van der Waals surface area contributed by atoms with Crippen LogP contribution in [0.4, 0.5) is 0 Å². The van der Waals surface area contributed by atoms with Crippen LogP contribution in [0.1, 0.15) is 10.4 Å². The van der Waals surface area contributed by atoms with Crippen LogP contribution in [0.15, 0.2) is 24.3 Å². The first-order valence-electron chi connectivity index (χ1n) is 2.86. The van der Waals surface area contributed by atoms with Crippen molar-refractivity contribution in [2.45, 2.75) is 0 Å². The molecule has 0 atom stereocenters. The highest BCUT2D eigenvalue weighted by Gasteiger charge is 1.86. The molecule has 0 saturated carbocycles. The largest absolute Gasteiger partial charge is 0.508 e. The lowest BCUT2D eigenvalue weighted by molar-refractivity contribution is -0.0979. The summed E-state index contributed by atoms with van der Waals surface area (Å²) in [5, 5.41) is 8.74. The first-order valence-corrected chi connectivity index (χ1v) is 2.86. The van der Waals surface area contributed by atoms with Gasteiger partial charge in [-0.05, 0) is 24.3 Å². The van der Waals surface area contributed by atoms with E-state index in [0.717, 1.165) is 6.29 Å². The van der Waals surface area contributed by atoms with Crippen molar-refractivity contribution in [1.29, 1.82) is 0 Å². The summed E-state index contributed by atoms with van der Waals surface area (Å²) in [6.45, 7) is 2.00. The quantitative estimate of drug-likeness (QED) is 0.611. The molecule has 0 aliphatic rings. The first-order chi connectivity index (χ1) is 5.33. The zero-order valence-electron chi connectivity index (χ0n) is 5.86. The minimum absolute atomic E-state index is 0.181. The predicted molar refractivity (Wildman–Crippen MR) is 40.6 cm³/mol. The van der Waals surface area contributed by atoms with E-state index >= 15 is 0 Å². The number of aromatic hydroxyl groups is 1. The number of hydrogen-bond donors (Lipinski definition) is 1. The molecular formula is C8H8O3. The number of carbonyl (C=O) groups is 2. The molecule has 0 aliphatic carbocycles. The zero-order chi connectivity index (χ0) is 8.69. The smallest absolute Gasteiger partial charge is 0.150 e. The second-order valence-electron chi connectivity index (χ2n) is 1.71. The molecule has 0 saturated heterocycles. The van der Waals surface area contributed by atoms with Crippen molar-refractivity contribution < 1.29 is 14.7 Å². The number of rotatable bonds is 1. The van der Waals surface area contributed by atoms with Gasteiger partial charge in [-0.1, -0.05) is 0 Å². The second-order valence-corrected chi connectivity index (χ2v) is 1.71. The number of phenolic OH excluding ortho intramolecular Hbond substituents is 1. The average molecular weight is 152 g/mol. The average Bonchev–Trinajstić information content (AvgIpc) is 2.10. The maximum Gasteiger partial charge on any atom is 0.150 e. The first kappa shape index (κ1) is 9.36. The molecule has 1 rings (SSSR count). The van der Waals surface area contributed by atoms with E-state index in [1.165, 1.54) is 12.1 Å². The van der Waals surface area contributed by atoms with Gasteiger partial charge >= 0.3 is 0 Å². The molecular weight excluding hydrogens is 144 g/mol. The Hall–Kier alpha value is -1.64. The standard InChI is InChI=1S/C7H6O2.CH2O/c8-5-6-1-3-7(9)4-2-6;1-2/h1-5,9H;1H2. The van der Waals surface area contributed by atoms with E-state index in [1.807, 2.05) is 6.79 Å². The van der Waals surface area contributed by atoms with Crippen molar-refractivity contribution in [3.63, 3.8) is 0 Å². The lowest BCUT2D eigenvalue weighted by atomic mass is 10.2. The van der Waals surface area contributed by atoms with Crippen molar-refractivity contribution in [3.8, 4) is 5.75 Å². The molecule has 1 aromatic carbocycles. The van der Waals surface area contributed by atoms with E-state index in [1.54, 1.807) is 12.1 Å². The fourth-order valence-corrected chi connectivity index (χ4v) is 0.553. The number of phenols is 1. The van der Waals surface area contributed by atoms with E-state index in [-0.39, 0.29) is 5.75 Å². The molecule has 11 heavy (non-hydrogen) atoms. The molecule has 3 heteroatoms. The van der Waals surface area contributed by atoms with E-state index in [4.69, 9.17) is 9.90 Å². The van der Waals surface area contributed by atoms with Gasteiger partial charge in [0.05, 0.1) is 0 Å². The van der Waals surface area contributed by atoms with Gasteiger partial charge in [-0.15, -0.1) is 0 Å². The van der Waals surface area contributed by atoms with Crippen molar-refractivity contribution in [3.05, 3.63) is 29.8 Å². The summed E-state index contributed by atoms with van der Waals surface area (Å²) in [4.78, 5) is 18.0. The van der Waals surface area contributed by atoms with Gasteiger partial charge in [0, 0.05) is 5.56 Å². The molecule has 0 fully saturated rings. The number of hydrogen-bond acceptors (Lipinski definition) is 3. The van der Waals surface area contributed by atoms with E-state index in [2.05, 4.69) is 0 Å². The molecule has 1 aromatic rings. The molecule has 0 unspecified atom stereocenters. The molecule has 0 aromatic heterocycles. The summed E-state index contributed by atoms with van der Waals surface area (Å²) in [5.41, 5.74) is 0.577. The van der Waals surface area contributed by atoms with Gasteiger partial charge in [-0.25, -0.2) is 0 Å². The van der Waals surface area contributed by atoms with Crippen LogP contribution in [0.2, 0.25) is 0 Å². The summed E-state index contributed by atoms with van der Waals surface area (Å²) >= 11 is 0. The molecule has 0 spiro atoms. The summed E-state index contributed by atoms with van der Waals surface area (Å²) in [5.74, 6) is 0.181. The molecule has 0 radical (unpaired) electrons. The summed E-state index contributed by atoms with van der Waals surface area (Å²) in [6.07, 6.45) is 0.736. The van der Waals surface area contributed by atoms with Crippen LogP contribution >= 0.6 is 0 Å². The Balaban J connectivity index is 0.000000461. The highest BCUT2D eigenvalue weighted by atomic mass is 16.3. The minimum Gasteiger partial charge on any atom is -0.508 e.